The van der Waals surface area contributed by atoms with E-state index in [9.17, 15) is 4.79 Å². The Hall–Kier alpha value is -0.830. The van der Waals surface area contributed by atoms with E-state index in [0.29, 0.717) is 0 Å². The van der Waals surface area contributed by atoms with Crippen LogP contribution < -0.4 is 0 Å². The maximum Gasteiger partial charge on any atom is 0.263 e. The van der Waals surface area contributed by atoms with Crippen LogP contribution in [0.2, 0.25) is 0 Å². The minimum atomic E-state index is 0.156. The minimum Gasteiger partial charge on any atom is -0.339 e. The smallest absolute Gasteiger partial charge is 0.263 e. The molecule has 0 aliphatic rings. The van der Waals surface area contributed by atoms with Crippen LogP contribution in [0, 0.1) is 6.92 Å². The molecule has 0 aromatic carbocycles. The fourth-order valence-electron chi connectivity index (χ4n) is 1.22. The topological polar surface area (TPSA) is 20.3 Å². The van der Waals surface area contributed by atoms with Gasteiger partial charge in [0.05, 0.1) is 4.88 Å². The molecule has 0 fully saturated rings. The second-order valence-electron chi connectivity index (χ2n) is 2.89. The van der Waals surface area contributed by atoms with Crippen LogP contribution in [0.3, 0.4) is 0 Å². The fraction of sp³-hybridized carbons (Fsp3) is 0.500. The first kappa shape index (κ1) is 10.3. The van der Waals surface area contributed by atoms with Gasteiger partial charge in [0.15, 0.2) is 0 Å². The third-order valence-corrected chi connectivity index (χ3v) is 2.99. The number of rotatable bonds is 3. The van der Waals surface area contributed by atoms with Crippen LogP contribution in [-0.2, 0) is 0 Å². The van der Waals surface area contributed by atoms with Gasteiger partial charge in [-0.1, -0.05) is 0 Å². The lowest BCUT2D eigenvalue weighted by Crippen LogP contribution is -2.29. The van der Waals surface area contributed by atoms with Crippen LogP contribution in [0.4, 0.5) is 0 Å². The molecule has 0 aliphatic heterocycles. The number of aryl methyl sites for hydroxylation is 1. The van der Waals surface area contributed by atoms with E-state index in [1.54, 1.807) is 11.3 Å². The zero-order chi connectivity index (χ0) is 9.84. The van der Waals surface area contributed by atoms with Gasteiger partial charge in [0.1, 0.15) is 0 Å². The van der Waals surface area contributed by atoms with E-state index in [1.807, 2.05) is 37.8 Å². The molecule has 0 unspecified atom stereocenters. The van der Waals surface area contributed by atoms with Crippen molar-refractivity contribution in [3.63, 3.8) is 0 Å². The van der Waals surface area contributed by atoms with Crippen LogP contribution in [0.5, 0.6) is 0 Å². The molecule has 0 aliphatic carbocycles. The zero-order valence-corrected chi connectivity index (χ0v) is 9.15. The third kappa shape index (κ3) is 2.31. The Kier molecular flexibility index (Phi) is 3.48. The molecular formula is C10H15NOS. The second kappa shape index (κ2) is 4.42. The van der Waals surface area contributed by atoms with E-state index >= 15 is 0 Å². The Morgan fingerprint density at radius 2 is 2.00 bits per heavy atom. The maximum atomic E-state index is 11.8. The van der Waals surface area contributed by atoms with Gasteiger partial charge in [-0.15, -0.1) is 11.3 Å². The summed E-state index contributed by atoms with van der Waals surface area (Å²) in [4.78, 5) is 15.6. The summed E-state index contributed by atoms with van der Waals surface area (Å²) in [6.07, 6.45) is 0. The summed E-state index contributed by atoms with van der Waals surface area (Å²) in [5.74, 6) is 0.156. The van der Waals surface area contributed by atoms with E-state index < -0.39 is 0 Å². The van der Waals surface area contributed by atoms with Crippen molar-refractivity contribution in [2.75, 3.05) is 13.1 Å². The van der Waals surface area contributed by atoms with Gasteiger partial charge < -0.3 is 4.90 Å². The Morgan fingerprint density at radius 1 is 1.38 bits per heavy atom. The number of nitrogens with zero attached hydrogens (tertiary/aromatic N) is 1. The highest BCUT2D eigenvalue weighted by Crippen LogP contribution is 2.16. The van der Waals surface area contributed by atoms with E-state index in [2.05, 4.69) is 0 Å². The molecule has 1 heterocycles. The molecule has 0 saturated heterocycles. The molecule has 0 saturated carbocycles. The standard InChI is InChI=1S/C10H15NOS/c1-4-11(5-2)10(12)9-7-6-8(3)13-9/h6-7H,4-5H2,1-3H3. The SMILES string of the molecule is CCN(CC)C(=O)c1ccc(C)s1. The first-order valence-corrected chi connectivity index (χ1v) is 5.36. The fourth-order valence-corrected chi connectivity index (χ4v) is 2.05. The molecule has 0 bridgehead atoms. The van der Waals surface area contributed by atoms with Crippen LogP contribution >= 0.6 is 11.3 Å². The first-order valence-electron chi connectivity index (χ1n) is 4.54. The molecule has 2 nitrogen and oxygen atoms in total. The minimum absolute atomic E-state index is 0.156. The molecule has 0 radical (unpaired) electrons. The number of hydrogen-bond donors (Lipinski definition) is 0. The predicted octanol–water partition coefficient (Wildman–Crippen LogP) is 2.54. The maximum absolute atomic E-state index is 11.8. The van der Waals surface area contributed by atoms with Crippen molar-refractivity contribution < 1.29 is 4.79 Å². The third-order valence-electron chi connectivity index (χ3n) is 2.00. The first-order chi connectivity index (χ1) is 6.19. The second-order valence-corrected chi connectivity index (χ2v) is 4.18. The predicted molar refractivity (Wildman–Crippen MR) is 56.3 cm³/mol. The van der Waals surface area contributed by atoms with Crippen molar-refractivity contribution >= 4 is 17.2 Å². The van der Waals surface area contributed by atoms with E-state index in [1.165, 1.54) is 4.88 Å². The number of carbonyl (C=O) groups is 1. The summed E-state index contributed by atoms with van der Waals surface area (Å²) in [5.41, 5.74) is 0. The van der Waals surface area contributed by atoms with Crippen molar-refractivity contribution in [3.05, 3.63) is 21.9 Å². The van der Waals surface area contributed by atoms with Crippen LogP contribution in [-0.4, -0.2) is 23.9 Å². The number of carbonyl (C=O) groups excluding carboxylic acids is 1. The average Bonchev–Trinajstić information content (AvgIpc) is 2.54. The molecule has 72 valence electrons. The van der Waals surface area contributed by atoms with Gasteiger partial charge in [0, 0.05) is 18.0 Å². The molecule has 0 spiro atoms. The van der Waals surface area contributed by atoms with Gasteiger partial charge in [0.25, 0.3) is 5.91 Å². The van der Waals surface area contributed by atoms with Crippen molar-refractivity contribution in [3.8, 4) is 0 Å². The molecule has 1 amide bonds. The molecule has 13 heavy (non-hydrogen) atoms. The van der Waals surface area contributed by atoms with Crippen molar-refractivity contribution in [2.24, 2.45) is 0 Å². The molecule has 1 aromatic rings. The van der Waals surface area contributed by atoms with Gasteiger partial charge in [-0.3, -0.25) is 4.79 Å². The van der Waals surface area contributed by atoms with Gasteiger partial charge in [-0.2, -0.15) is 0 Å². The molecule has 1 rings (SSSR count). The zero-order valence-electron chi connectivity index (χ0n) is 8.33. The summed E-state index contributed by atoms with van der Waals surface area (Å²) >= 11 is 1.56. The highest BCUT2D eigenvalue weighted by Gasteiger charge is 2.13. The summed E-state index contributed by atoms with van der Waals surface area (Å²) in [7, 11) is 0. The summed E-state index contributed by atoms with van der Waals surface area (Å²) < 4.78 is 0. The monoisotopic (exact) mass is 197 g/mol. The number of hydrogen-bond acceptors (Lipinski definition) is 2. The highest BCUT2D eigenvalue weighted by atomic mass is 32.1. The van der Waals surface area contributed by atoms with Crippen molar-refractivity contribution in [1.82, 2.24) is 4.90 Å². The molecule has 0 atom stereocenters. The van der Waals surface area contributed by atoms with Gasteiger partial charge >= 0.3 is 0 Å². The molecule has 1 aromatic heterocycles. The summed E-state index contributed by atoms with van der Waals surface area (Å²) in [5, 5.41) is 0. The highest BCUT2D eigenvalue weighted by molar-refractivity contribution is 7.13. The summed E-state index contributed by atoms with van der Waals surface area (Å²) in [6.45, 7) is 7.59. The molecular weight excluding hydrogens is 182 g/mol. The van der Waals surface area contributed by atoms with E-state index in [-0.39, 0.29) is 5.91 Å². The lowest BCUT2D eigenvalue weighted by Gasteiger charge is -2.17. The Morgan fingerprint density at radius 3 is 2.38 bits per heavy atom. The molecule has 3 heteroatoms. The quantitative estimate of drug-likeness (QED) is 0.729. The number of amides is 1. The van der Waals surface area contributed by atoms with E-state index in [4.69, 9.17) is 0 Å². The Bertz CT molecular complexity index is 289. The van der Waals surface area contributed by atoms with Crippen LogP contribution in [0.15, 0.2) is 12.1 Å². The van der Waals surface area contributed by atoms with Gasteiger partial charge in [0.2, 0.25) is 0 Å². The lowest BCUT2D eigenvalue weighted by atomic mass is 10.4. The van der Waals surface area contributed by atoms with Crippen molar-refractivity contribution in [2.45, 2.75) is 20.8 Å². The average molecular weight is 197 g/mol. The normalized spacial score (nSPS) is 10.1. The Labute approximate surface area is 83.2 Å². The van der Waals surface area contributed by atoms with Gasteiger partial charge in [-0.05, 0) is 32.9 Å². The lowest BCUT2D eigenvalue weighted by molar-refractivity contribution is 0.0778. The summed E-state index contributed by atoms with van der Waals surface area (Å²) in [6, 6.07) is 3.89. The molecule has 0 N–H and O–H groups in total. The van der Waals surface area contributed by atoms with E-state index in [0.717, 1.165) is 18.0 Å². The largest absolute Gasteiger partial charge is 0.339 e. The van der Waals surface area contributed by atoms with Gasteiger partial charge in [-0.25, -0.2) is 0 Å². The number of thiophene rings is 1. The Balaban J connectivity index is 2.78. The van der Waals surface area contributed by atoms with Crippen LogP contribution in [0.25, 0.3) is 0 Å². The van der Waals surface area contributed by atoms with Crippen LogP contribution in [0.1, 0.15) is 28.4 Å². The van der Waals surface area contributed by atoms with Crippen molar-refractivity contribution in [1.29, 1.82) is 0 Å².